The molecular weight excluding hydrogens is 356 g/mol. The quantitative estimate of drug-likeness (QED) is 0.608. The maximum Gasteiger partial charge on any atom is 0.191 e. The van der Waals surface area contributed by atoms with Gasteiger partial charge < -0.3 is 9.30 Å². The van der Waals surface area contributed by atoms with Crippen LogP contribution in [0.2, 0.25) is 5.02 Å². The monoisotopic (exact) mass is 370 g/mol. The second kappa shape index (κ2) is 8.06. The van der Waals surface area contributed by atoms with Gasteiger partial charge in [-0.3, -0.25) is 0 Å². The van der Waals surface area contributed by atoms with Crippen molar-refractivity contribution >= 4 is 23.4 Å². The molecule has 0 saturated heterocycles. The van der Waals surface area contributed by atoms with Crippen LogP contribution in [0.15, 0.2) is 53.7 Å². The number of hydrogen-bond donors (Lipinski definition) is 0. The zero-order chi connectivity index (χ0) is 17.6. The molecule has 1 heterocycles. The Labute approximate surface area is 155 Å². The molecule has 1 aromatic heterocycles. The average Bonchev–Trinajstić information content (AvgIpc) is 2.99. The Bertz CT molecular complexity index is 919. The third-order valence-electron chi connectivity index (χ3n) is 3.54. The molecule has 3 rings (SSSR count). The van der Waals surface area contributed by atoms with Gasteiger partial charge in [0.15, 0.2) is 11.0 Å². The van der Waals surface area contributed by atoms with Crippen molar-refractivity contribution in [3.8, 4) is 11.8 Å². The lowest BCUT2D eigenvalue weighted by Crippen LogP contribution is -2.04. The number of hydrogen-bond acceptors (Lipinski definition) is 5. The number of aromatic nitrogens is 3. The van der Waals surface area contributed by atoms with Crippen LogP contribution in [-0.4, -0.2) is 14.8 Å². The van der Waals surface area contributed by atoms with E-state index in [0.29, 0.717) is 27.9 Å². The Kier molecular flexibility index (Phi) is 5.59. The second-order valence-corrected chi connectivity index (χ2v) is 6.63. The third kappa shape index (κ3) is 4.32. The highest BCUT2D eigenvalue weighted by atomic mass is 35.5. The van der Waals surface area contributed by atoms with Crippen molar-refractivity contribution in [1.82, 2.24) is 14.8 Å². The van der Waals surface area contributed by atoms with E-state index in [1.165, 1.54) is 0 Å². The van der Waals surface area contributed by atoms with Crippen LogP contribution in [-0.2, 0) is 19.4 Å². The molecule has 25 heavy (non-hydrogen) atoms. The number of benzene rings is 2. The lowest BCUT2D eigenvalue weighted by Gasteiger charge is -2.08. The predicted molar refractivity (Wildman–Crippen MR) is 97.5 cm³/mol. The molecule has 0 aliphatic carbocycles. The van der Waals surface area contributed by atoms with Gasteiger partial charge in [-0.2, -0.15) is 5.26 Å². The molecule has 0 amide bonds. The Morgan fingerprint density at radius 1 is 1.20 bits per heavy atom. The number of rotatable bonds is 6. The van der Waals surface area contributed by atoms with Gasteiger partial charge in [0.2, 0.25) is 0 Å². The summed E-state index contributed by atoms with van der Waals surface area (Å²) >= 11 is 7.65. The molecule has 0 aliphatic heterocycles. The minimum Gasteiger partial charge on any atom is -0.484 e. The summed E-state index contributed by atoms with van der Waals surface area (Å²) in [5, 5.41) is 18.7. The van der Waals surface area contributed by atoms with E-state index < -0.39 is 0 Å². The molecule has 0 atom stereocenters. The largest absolute Gasteiger partial charge is 0.484 e. The van der Waals surface area contributed by atoms with Crippen molar-refractivity contribution in [3.63, 3.8) is 0 Å². The van der Waals surface area contributed by atoms with E-state index in [4.69, 9.17) is 21.6 Å². The van der Waals surface area contributed by atoms with E-state index in [-0.39, 0.29) is 6.61 Å². The third-order valence-corrected chi connectivity index (χ3v) is 4.95. The molecule has 0 unspecified atom stereocenters. The summed E-state index contributed by atoms with van der Waals surface area (Å²) in [6, 6.07) is 17.0. The first-order valence-corrected chi connectivity index (χ1v) is 8.91. The molecule has 0 N–H and O–H groups in total. The zero-order valence-electron chi connectivity index (χ0n) is 13.5. The number of thioether (sulfide) groups is 1. The number of ether oxygens (including phenoxy) is 1. The van der Waals surface area contributed by atoms with Gasteiger partial charge in [-0.1, -0.05) is 47.6 Å². The Morgan fingerprint density at radius 3 is 2.84 bits per heavy atom. The predicted octanol–water partition coefficient (Wildman–Crippen LogP) is 4.21. The summed E-state index contributed by atoms with van der Waals surface area (Å²) in [5.41, 5.74) is 1.73. The SMILES string of the molecule is Cn1c(COc2ccccc2Cl)nnc1SCc1cccc(C#N)c1. The summed E-state index contributed by atoms with van der Waals surface area (Å²) in [4.78, 5) is 0. The number of halogens is 1. The minimum atomic E-state index is 0.289. The molecule has 2 aromatic carbocycles. The first-order chi connectivity index (χ1) is 12.2. The van der Waals surface area contributed by atoms with E-state index in [1.807, 2.05) is 48.0 Å². The van der Waals surface area contributed by atoms with Crippen molar-refractivity contribution in [2.45, 2.75) is 17.5 Å². The van der Waals surface area contributed by atoms with Crippen LogP contribution < -0.4 is 4.74 Å². The number of nitrogens with zero attached hydrogens (tertiary/aromatic N) is 4. The molecule has 0 spiro atoms. The maximum absolute atomic E-state index is 8.96. The van der Waals surface area contributed by atoms with Crippen molar-refractivity contribution in [2.24, 2.45) is 7.05 Å². The summed E-state index contributed by atoms with van der Waals surface area (Å²) in [5.74, 6) is 2.05. The highest BCUT2D eigenvalue weighted by Gasteiger charge is 2.11. The molecule has 0 radical (unpaired) electrons. The molecule has 0 saturated carbocycles. The van der Waals surface area contributed by atoms with E-state index in [1.54, 1.807) is 23.9 Å². The van der Waals surface area contributed by atoms with Crippen LogP contribution in [0.25, 0.3) is 0 Å². The summed E-state index contributed by atoms with van der Waals surface area (Å²) in [6.07, 6.45) is 0. The van der Waals surface area contributed by atoms with Crippen molar-refractivity contribution in [1.29, 1.82) is 5.26 Å². The number of nitriles is 1. The average molecular weight is 371 g/mol. The van der Waals surface area contributed by atoms with Gasteiger partial charge in [-0.05, 0) is 29.8 Å². The van der Waals surface area contributed by atoms with Gasteiger partial charge in [0.1, 0.15) is 12.4 Å². The van der Waals surface area contributed by atoms with Crippen LogP contribution in [0.5, 0.6) is 5.75 Å². The fraction of sp³-hybridized carbons (Fsp3) is 0.167. The van der Waals surface area contributed by atoms with Gasteiger partial charge in [-0.25, -0.2) is 0 Å². The number of para-hydroxylation sites is 1. The van der Waals surface area contributed by atoms with Crippen LogP contribution in [0.1, 0.15) is 17.0 Å². The second-order valence-electron chi connectivity index (χ2n) is 5.28. The Hall–Kier alpha value is -2.49. The molecule has 0 bridgehead atoms. The van der Waals surface area contributed by atoms with Gasteiger partial charge >= 0.3 is 0 Å². The van der Waals surface area contributed by atoms with E-state index in [9.17, 15) is 0 Å². The maximum atomic E-state index is 8.96. The van der Waals surface area contributed by atoms with E-state index >= 15 is 0 Å². The van der Waals surface area contributed by atoms with E-state index in [0.717, 1.165) is 10.7 Å². The van der Waals surface area contributed by atoms with Gasteiger partial charge in [0.25, 0.3) is 0 Å². The summed E-state index contributed by atoms with van der Waals surface area (Å²) in [7, 11) is 1.90. The first-order valence-electron chi connectivity index (χ1n) is 7.55. The normalized spacial score (nSPS) is 10.4. The highest BCUT2D eigenvalue weighted by Crippen LogP contribution is 2.25. The van der Waals surface area contributed by atoms with Gasteiger partial charge in [-0.15, -0.1) is 10.2 Å². The van der Waals surface area contributed by atoms with Crippen LogP contribution in [0.4, 0.5) is 0 Å². The van der Waals surface area contributed by atoms with Gasteiger partial charge in [0, 0.05) is 12.8 Å². The van der Waals surface area contributed by atoms with Gasteiger partial charge in [0.05, 0.1) is 16.7 Å². The molecular formula is C18H15ClN4OS. The van der Waals surface area contributed by atoms with Crippen LogP contribution >= 0.6 is 23.4 Å². The lowest BCUT2D eigenvalue weighted by molar-refractivity contribution is 0.290. The molecule has 126 valence electrons. The highest BCUT2D eigenvalue weighted by molar-refractivity contribution is 7.98. The fourth-order valence-corrected chi connectivity index (χ4v) is 3.24. The smallest absolute Gasteiger partial charge is 0.191 e. The van der Waals surface area contributed by atoms with Crippen LogP contribution in [0.3, 0.4) is 0 Å². The van der Waals surface area contributed by atoms with E-state index in [2.05, 4.69) is 16.3 Å². The zero-order valence-corrected chi connectivity index (χ0v) is 15.1. The summed E-state index contributed by atoms with van der Waals surface area (Å²) in [6.45, 7) is 0.289. The molecule has 3 aromatic rings. The molecule has 0 fully saturated rings. The minimum absolute atomic E-state index is 0.289. The first kappa shape index (κ1) is 17.3. The lowest BCUT2D eigenvalue weighted by atomic mass is 10.2. The van der Waals surface area contributed by atoms with Crippen molar-refractivity contribution < 1.29 is 4.74 Å². The fourth-order valence-electron chi connectivity index (χ4n) is 2.18. The summed E-state index contributed by atoms with van der Waals surface area (Å²) < 4.78 is 7.61. The van der Waals surface area contributed by atoms with Crippen molar-refractivity contribution in [3.05, 3.63) is 70.5 Å². The topological polar surface area (TPSA) is 63.7 Å². The molecule has 0 aliphatic rings. The Morgan fingerprint density at radius 2 is 2.04 bits per heavy atom. The standard InChI is InChI=1S/C18H15ClN4OS/c1-23-17(11-24-16-8-3-2-7-15(16)19)21-22-18(23)25-12-14-6-4-5-13(9-14)10-20/h2-9H,11-12H2,1H3. The van der Waals surface area contributed by atoms with Crippen LogP contribution in [0, 0.1) is 11.3 Å². The van der Waals surface area contributed by atoms with Crippen molar-refractivity contribution in [2.75, 3.05) is 0 Å². The molecule has 5 nitrogen and oxygen atoms in total. The molecule has 7 heteroatoms. The Balaban J connectivity index is 1.63.